The summed E-state index contributed by atoms with van der Waals surface area (Å²) in [6, 6.07) is 7.35. The van der Waals surface area contributed by atoms with Gasteiger partial charge >= 0.3 is 0 Å². The molecule has 0 radical (unpaired) electrons. The first-order valence-electron chi connectivity index (χ1n) is 6.83. The molecule has 0 aliphatic rings. The van der Waals surface area contributed by atoms with Gasteiger partial charge in [0.25, 0.3) is 5.91 Å². The molecule has 4 nitrogen and oxygen atoms in total. The van der Waals surface area contributed by atoms with Gasteiger partial charge in [0.15, 0.2) is 0 Å². The number of benzene rings is 1. The van der Waals surface area contributed by atoms with Crippen LogP contribution < -0.4 is 10.1 Å². The van der Waals surface area contributed by atoms with Crippen LogP contribution in [0.5, 0.6) is 5.75 Å². The fourth-order valence-corrected chi connectivity index (χ4v) is 2.90. The lowest BCUT2D eigenvalue weighted by Gasteiger charge is -2.08. The number of carbonyl (C=O) groups excluding carboxylic acids is 1. The predicted octanol–water partition coefficient (Wildman–Crippen LogP) is 3.67. The molecule has 0 spiro atoms. The Labute approximate surface area is 139 Å². The second-order valence-electron chi connectivity index (χ2n) is 4.77. The van der Waals surface area contributed by atoms with E-state index in [9.17, 15) is 4.79 Å². The summed E-state index contributed by atoms with van der Waals surface area (Å²) in [5.41, 5.74) is 1.96. The van der Waals surface area contributed by atoms with E-state index in [1.165, 1.54) is 11.3 Å². The molecule has 1 aromatic heterocycles. The van der Waals surface area contributed by atoms with Gasteiger partial charge in [-0.3, -0.25) is 4.79 Å². The Kier molecular flexibility index (Phi) is 6.24. The summed E-state index contributed by atoms with van der Waals surface area (Å²) in [6.07, 6.45) is 0. The second-order valence-corrected chi connectivity index (χ2v) is 6.11. The number of carbonyl (C=O) groups is 1. The highest BCUT2D eigenvalue weighted by Gasteiger charge is 2.09. The first kappa shape index (κ1) is 16.8. The van der Waals surface area contributed by atoms with Crippen LogP contribution >= 0.6 is 22.9 Å². The third-order valence-electron chi connectivity index (χ3n) is 3.00. The highest BCUT2D eigenvalue weighted by Crippen LogP contribution is 2.23. The molecule has 2 rings (SSSR count). The molecule has 0 saturated heterocycles. The lowest BCUT2D eigenvalue weighted by Crippen LogP contribution is -2.26. The molecule has 0 aliphatic heterocycles. The number of nitrogens with one attached hydrogen (secondary N) is 1. The maximum atomic E-state index is 11.9. The fraction of sp³-hybridized carbons (Fsp3) is 0.312. The molecule has 118 valence electrons. The van der Waals surface area contributed by atoms with E-state index in [4.69, 9.17) is 21.1 Å². The van der Waals surface area contributed by atoms with Crippen molar-refractivity contribution >= 4 is 28.8 Å². The SMILES string of the molecule is COCCNC(=O)c1cc(COc2ccc(Cl)cc2C)cs1. The molecule has 22 heavy (non-hydrogen) atoms. The minimum absolute atomic E-state index is 0.0871. The maximum absolute atomic E-state index is 11.9. The highest BCUT2D eigenvalue weighted by atomic mass is 35.5. The van der Waals surface area contributed by atoms with Crippen molar-refractivity contribution in [3.63, 3.8) is 0 Å². The Hall–Kier alpha value is -1.56. The zero-order valence-electron chi connectivity index (χ0n) is 12.5. The number of methoxy groups -OCH3 is 1. The van der Waals surface area contributed by atoms with Crippen LogP contribution in [0.2, 0.25) is 5.02 Å². The van der Waals surface area contributed by atoms with Gasteiger partial charge in [-0.2, -0.15) is 0 Å². The molecule has 0 atom stereocenters. The largest absolute Gasteiger partial charge is 0.489 e. The molecule has 0 aliphatic carbocycles. The highest BCUT2D eigenvalue weighted by molar-refractivity contribution is 7.12. The normalized spacial score (nSPS) is 10.5. The summed E-state index contributed by atoms with van der Waals surface area (Å²) in [5, 5.41) is 5.41. The molecule has 6 heteroatoms. The third-order valence-corrected chi connectivity index (χ3v) is 4.21. The number of ether oxygens (including phenoxy) is 2. The van der Waals surface area contributed by atoms with Crippen LogP contribution in [0.1, 0.15) is 20.8 Å². The molecule has 1 amide bonds. The van der Waals surface area contributed by atoms with E-state index in [1.807, 2.05) is 30.5 Å². The van der Waals surface area contributed by atoms with E-state index in [0.29, 0.717) is 29.7 Å². The molecule has 0 unspecified atom stereocenters. The van der Waals surface area contributed by atoms with Gasteiger partial charge in [-0.05, 0) is 42.1 Å². The maximum Gasteiger partial charge on any atom is 0.261 e. The van der Waals surface area contributed by atoms with E-state index < -0.39 is 0 Å². The van der Waals surface area contributed by atoms with E-state index >= 15 is 0 Å². The zero-order valence-corrected chi connectivity index (χ0v) is 14.1. The van der Waals surface area contributed by atoms with Crippen LogP contribution in [0, 0.1) is 6.92 Å². The molecule has 0 saturated carbocycles. The van der Waals surface area contributed by atoms with Gasteiger partial charge in [-0.1, -0.05) is 11.6 Å². The van der Waals surface area contributed by atoms with Crippen molar-refractivity contribution in [2.24, 2.45) is 0 Å². The molecular weight excluding hydrogens is 322 g/mol. The van der Waals surface area contributed by atoms with Crippen molar-refractivity contribution in [2.45, 2.75) is 13.5 Å². The van der Waals surface area contributed by atoms with Crippen LogP contribution in [0.3, 0.4) is 0 Å². The van der Waals surface area contributed by atoms with E-state index in [2.05, 4.69) is 5.32 Å². The summed E-state index contributed by atoms with van der Waals surface area (Å²) in [4.78, 5) is 12.6. The summed E-state index contributed by atoms with van der Waals surface area (Å²) in [6.45, 7) is 3.37. The molecular formula is C16H18ClNO3S. The number of aryl methyl sites for hydroxylation is 1. The number of halogens is 1. The Bertz CT molecular complexity index is 642. The van der Waals surface area contributed by atoms with Gasteiger partial charge in [0.1, 0.15) is 12.4 Å². The number of rotatable bonds is 7. The summed E-state index contributed by atoms with van der Waals surface area (Å²) >= 11 is 7.32. The van der Waals surface area contributed by atoms with Crippen molar-refractivity contribution < 1.29 is 14.3 Å². The zero-order chi connectivity index (χ0) is 15.9. The molecule has 2 aromatic rings. The lowest BCUT2D eigenvalue weighted by molar-refractivity contribution is 0.0941. The average Bonchev–Trinajstić information content (AvgIpc) is 2.95. The number of amides is 1. The second kappa shape index (κ2) is 8.17. The van der Waals surface area contributed by atoms with Gasteiger partial charge < -0.3 is 14.8 Å². The van der Waals surface area contributed by atoms with E-state index in [-0.39, 0.29) is 5.91 Å². The molecule has 0 bridgehead atoms. The van der Waals surface area contributed by atoms with Gasteiger partial charge in [-0.25, -0.2) is 0 Å². The Morgan fingerprint density at radius 2 is 2.18 bits per heavy atom. The minimum atomic E-state index is -0.0871. The van der Waals surface area contributed by atoms with Gasteiger partial charge in [0.05, 0.1) is 11.5 Å². The minimum Gasteiger partial charge on any atom is -0.489 e. The van der Waals surface area contributed by atoms with Crippen molar-refractivity contribution in [1.82, 2.24) is 5.32 Å². The predicted molar refractivity (Wildman–Crippen MR) is 89.0 cm³/mol. The van der Waals surface area contributed by atoms with Crippen LogP contribution in [-0.4, -0.2) is 26.2 Å². The topological polar surface area (TPSA) is 47.6 Å². The molecule has 0 fully saturated rings. The summed E-state index contributed by atoms with van der Waals surface area (Å²) in [5.74, 6) is 0.706. The Balaban J connectivity index is 1.90. The van der Waals surface area contributed by atoms with Gasteiger partial charge in [0, 0.05) is 24.2 Å². The molecule has 1 N–H and O–H groups in total. The first-order chi connectivity index (χ1) is 10.6. The van der Waals surface area contributed by atoms with Crippen molar-refractivity contribution in [3.8, 4) is 5.75 Å². The van der Waals surface area contributed by atoms with Crippen LogP contribution in [-0.2, 0) is 11.3 Å². The van der Waals surface area contributed by atoms with Crippen LogP contribution in [0.4, 0.5) is 0 Å². The summed E-state index contributed by atoms with van der Waals surface area (Å²) < 4.78 is 10.7. The van der Waals surface area contributed by atoms with Crippen molar-refractivity contribution in [3.05, 3.63) is 50.7 Å². The van der Waals surface area contributed by atoms with Crippen LogP contribution in [0.15, 0.2) is 29.6 Å². The molecule has 1 aromatic carbocycles. The number of hydrogen-bond acceptors (Lipinski definition) is 4. The van der Waals surface area contributed by atoms with Gasteiger partial charge in [0.2, 0.25) is 0 Å². The van der Waals surface area contributed by atoms with Crippen LogP contribution in [0.25, 0.3) is 0 Å². The first-order valence-corrected chi connectivity index (χ1v) is 8.09. The monoisotopic (exact) mass is 339 g/mol. The number of hydrogen-bond donors (Lipinski definition) is 1. The molecule has 1 heterocycles. The van der Waals surface area contributed by atoms with Crippen molar-refractivity contribution in [1.29, 1.82) is 0 Å². The average molecular weight is 340 g/mol. The lowest BCUT2D eigenvalue weighted by atomic mass is 10.2. The van der Waals surface area contributed by atoms with Crippen molar-refractivity contribution in [2.75, 3.05) is 20.3 Å². The Morgan fingerprint density at radius 3 is 2.91 bits per heavy atom. The summed E-state index contributed by atoms with van der Waals surface area (Å²) in [7, 11) is 1.60. The fourth-order valence-electron chi connectivity index (χ4n) is 1.86. The van der Waals surface area contributed by atoms with Gasteiger partial charge in [-0.15, -0.1) is 11.3 Å². The quantitative estimate of drug-likeness (QED) is 0.783. The van der Waals surface area contributed by atoms with E-state index in [0.717, 1.165) is 16.9 Å². The Morgan fingerprint density at radius 1 is 1.36 bits per heavy atom. The number of thiophene rings is 1. The smallest absolute Gasteiger partial charge is 0.261 e. The standard InChI is InChI=1S/C16H18ClNO3S/c1-11-7-13(17)3-4-14(11)21-9-12-8-15(22-10-12)16(19)18-5-6-20-2/h3-4,7-8,10H,5-6,9H2,1-2H3,(H,18,19). The van der Waals surface area contributed by atoms with E-state index in [1.54, 1.807) is 13.2 Å². The third kappa shape index (κ3) is 4.73.